The Morgan fingerprint density at radius 2 is 2.47 bits per heavy atom. The highest BCUT2D eigenvalue weighted by Crippen LogP contribution is 2.37. The van der Waals surface area contributed by atoms with Crippen molar-refractivity contribution in [2.75, 3.05) is 20.3 Å². The zero-order valence-corrected chi connectivity index (χ0v) is 8.94. The zero-order chi connectivity index (χ0) is 10.8. The SMILES string of the molecule is COCCC(=O)NC1C(N)C2CCOC21. The molecule has 15 heavy (non-hydrogen) atoms. The molecule has 0 spiro atoms. The highest BCUT2D eigenvalue weighted by atomic mass is 16.5. The van der Waals surface area contributed by atoms with E-state index in [2.05, 4.69) is 5.32 Å². The van der Waals surface area contributed by atoms with E-state index < -0.39 is 0 Å². The summed E-state index contributed by atoms with van der Waals surface area (Å²) in [7, 11) is 1.58. The number of carbonyl (C=O) groups excluding carboxylic acids is 1. The number of nitrogens with two attached hydrogens (primary N) is 1. The first-order valence-electron chi connectivity index (χ1n) is 5.39. The molecule has 0 aromatic heterocycles. The molecular weight excluding hydrogens is 196 g/mol. The second-order valence-electron chi connectivity index (χ2n) is 4.20. The first-order valence-corrected chi connectivity index (χ1v) is 5.39. The molecule has 1 saturated heterocycles. The lowest BCUT2D eigenvalue weighted by atomic mass is 9.72. The van der Waals surface area contributed by atoms with Gasteiger partial charge in [-0.3, -0.25) is 4.79 Å². The number of methoxy groups -OCH3 is 1. The maximum Gasteiger partial charge on any atom is 0.222 e. The molecule has 1 aliphatic heterocycles. The molecule has 2 aliphatic rings. The summed E-state index contributed by atoms with van der Waals surface area (Å²) in [4.78, 5) is 11.4. The molecule has 0 aromatic carbocycles. The van der Waals surface area contributed by atoms with Crippen molar-refractivity contribution in [1.82, 2.24) is 5.32 Å². The van der Waals surface area contributed by atoms with Gasteiger partial charge in [0.2, 0.25) is 5.91 Å². The van der Waals surface area contributed by atoms with Crippen LogP contribution in [-0.4, -0.2) is 44.4 Å². The van der Waals surface area contributed by atoms with Gasteiger partial charge >= 0.3 is 0 Å². The summed E-state index contributed by atoms with van der Waals surface area (Å²) in [6.07, 6.45) is 1.56. The van der Waals surface area contributed by atoms with E-state index in [0.29, 0.717) is 18.9 Å². The third-order valence-corrected chi connectivity index (χ3v) is 3.31. The first kappa shape index (κ1) is 10.9. The summed E-state index contributed by atoms with van der Waals surface area (Å²) in [5, 5.41) is 2.90. The van der Waals surface area contributed by atoms with Crippen LogP contribution < -0.4 is 11.1 Å². The van der Waals surface area contributed by atoms with Crippen LogP contribution in [0.5, 0.6) is 0 Å². The molecule has 2 fully saturated rings. The molecule has 3 N–H and O–H groups in total. The fourth-order valence-electron chi connectivity index (χ4n) is 2.38. The molecule has 0 radical (unpaired) electrons. The van der Waals surface area contributed by atoms with Gasteiger partial charge in [0.05, 0.1) is 18.8 Å². The second-order valence-corrected chi connectivity index (χ2v) is 4.20. The molecule has 86 valence electrons. The Labute approximate surface area is 89.3 Å². The van der Waals surface area contributed by atoms with E-state index in [4.69, 9.17) is 15.2 Å². The maximum atomic E-state index is 11.4. The molecular formula is C10H18N2O3. The van der Waals surface area contributed by atoms with Gasteiger partial charge in [0.1, 0.15) is 0 Å². The van der Waals surface area contributed by atoms with Crippen LogP contribution in [0.4, 0.5) is 0 Å². The number of hydrogen-bond acceptors (Lipinski definition) is 4. The summed E-state index contributed by atoms with van der Waals surface area (Å²) < 4.78 is 10.4. The van der Waals surface area contributed by atoms with Crippen molar-refractivity contribution in [2.24, 2.45) is 11.7 Å². The Morgan fingerprint density at radius 3 is 3.20 bits per heavy atom. The van der Waals surface area contributed by atoms with Gasteiger partial charge in [-0.25, -0.2) is 0 Å². The molecule has 1 heterocycles. The van der Waals surface area contributed by atoms with Crippen molar-refractivity contribution in [3.63, 3.8) is 0 Å². The molecule has 2 rings (SSSR count). The van der Waals surface area contributed by atoms with Gasteiger partial charge in [-0.05, 0) is 6.42 Å². The predicted molar refractivity (Wildman–Crippen MR) is 54.2 cm³/mol. The van der Waals surface area contributed by atoms with Crippen LogP contribution in [0.25, 0.3) is 0 Å². The van der Waals surface area contributed by atoms with Crippen molar-refractivity contribution < 1.29 is 14.3 Å². The number of hydrogen-bond donors (Lipinski definition) is 2. The minimum atomic E-state index is -0.00810. The van der Waals surface area contributed by atoms with Gasteiger partial charge in [0.25, 0.3) is 0 Å². The lowest BCUT2D eigenvalue weighted by molar-refractivity contribution is -0.126. The fourth-order valence-corrected chi connectivity index (χ4v) is 2.38. The van der Waals surface area contributed by atoms with E-state index in [1.165, 1.54) is 0 Å². The van der Waals surface area contributed by atoms with Crippen LogP contribution in [0.3, 0.4) is 0 Å². The van der Waals surface area contributed by atoms with Crippen LogP contribution in [0.1, 0.15) is 12.8 Å². The molecule has 5 heteroatoms. The van der Waals surface area contributed by atoms with Crippen molar-refractivity contribution >= 4 is 5.91 Å². The monoisotopic (exact) mass is 214 g/mol. The summed E-state index contributed by atoms with van der Waals surface area (Å²) in [6, 6.07) is 0.0610. The van der Waals surface area contributed by atoms with Crippen molar-refractivity contribution in [1.29, 1.82) is 0 Å². The summed E-state index contributed by atoms with van der Waals surface area (Å²) in [5.41, 5.74) is 5.96. The second kappa shape index (κ2) is 4.47. The predicted octanol–water partition coefficient (Wildman–Crippen LogP) is -0.746. The molecule has 5 nitrogen and oxygen atoms in total. The topological polar surface area (TPSA) is 73.6 Å². The number of amides is 1. The maximum absolute atomic E-state index is 11.4. The summed E-state index contributed by atoms with van der Waals surface area (Å²) in [5.74, 6) is 0.434. The number of fused-ring (bicyclic) bond motifs is 1. The van der Waals surface area contributed by atoms with Gasteiger partial charge in [-0.2, -0.15) is 0 Å². The minimum absolute atomic E-state index is 0.00172. The normalized spacial score (nSPS) is 38.3. The van der Waals surface area contributed by atoms with Crippen molar-refractivity contribution in [2.45, 2.75) is 31.0 Å². The highest BCUT2D eigenvalue weighted by molar-refractivity contribution is 5.76. The molecule has 0 aromatic rings. The van der Waals surface area contributed by atoms with Crippen molar-refractivity contribution in [3.8, 4) is 0 Å². The van der Waals surface area contributed by atoms with Gasteiger partial charge in [-0.1, -0.05) is 0 Å². The third-order valence-electron chi connectivity index (χ3n) is 3.31. The Morgan fingerprint density at radius 1 is 1.67 bits per heavy atom. The summed E-state index contributed by atoms with van der Waals surface area (Å²) >= 11 is 0. The van der Waals surface area contributed by atoms with E-state index in [-0.39, 0.29) is 24.1 Å². The molecule has 0 bridgehead atoms. The standard InChI is InChI=1S/C10H18N2O3/c1-14-4-3-7(13)12-9-8(11)6-2-5-15-10(6)9/h6,8-10H,2-5,11H2,1H3,(H,12,13). The van der Waals surface area contributed by atoms with E-state index in [9.17, 15) is 4.79 Å². The molecule has 1 aliphatic carbocycles. The third kappa shape index (κ3) is 2.00. The minimum Gasteiger partial charge on any atom is -0.384 e. The number of ether oxygens (including phenoxy) is 2. The number of nitrogens with one attached hydrogen (secondary N) is 1. The van der Waals surface area contributed by atoms with E-state index in [1.54, 1.807) is 7.11 Å². The van der Waals surface area contributed by atoms with Gasteiger partial charge < -0.3 is 20.5 Å². The average Bonchev–Trinajstić information content (AvgIpc) is 2.67. The van der Waals surface area contributed by atoms with Crippen LogP contribution in [0.15, 0.2) is 0 Å². The highest BCUT2D eigenvalue weighted by Gasteiger charge is 2.52. The van der Waals surface area contributed by atoms with Crippen molar-refractivity contribution in [3.05, 3.63) is 0 Å². The van der Waals surface area contributed by atoms with Crippen LogP contribution in [-0.2, 0) is 14.3 Å². The largest absolute Gasteiger partial charge is 0.384 e. The quantitative estimate of drug-likeness (QED) is 0.646. The Balaban J connectivity index is 1.77. The number of carbonyl (C=O) groups is 1. The fraction of sp³-hybridized carbons (Fsp3) is 0.900. The van der Waals surface area contributed by atoms with E-state index in [1.807, 2.05) is 0 Å². The smallest absolute Gasteiger partial charge is 0.222 e. The zero-order valence-electron chi connectivity index (χ0n) is 8.94. The van der Waals surface area contributed by atoms with Crippen LogP contribution in [0, 0.1) is 5.92 Å². The van der Waals surface area contributed by atoms with Gasteiger partial charge in [0.15, 0.2) is 0 Å². The molecule has 1 amide bonds. The lowest BCUT2D eigenvalue weighted by Gasteiger charge is -2.45. The van der Waals surface area contributed by atoms with E-state index >= 15 is 0 Å². The van der Waals surface area contributed by atoms with Crippen LogP contribution >= 0.6 is 0 Å². The first-order chi connectivity index (χ1) is 7.24. The average molecular weight is 214 g/mol. The lowest BCUT2D eigenvalue weighted by Crippen LogP contribution is -2.69. The molecule has 4 unspecified atom stereocenters. The Bertz CT molecular complexity index is 247. The van der Waals surface area contributed by atoms with Crippen LogP contribution in [0.2, 0.25) is 0 Å². The van der Waals surface area contributed by atoms with Gasteiger partial charge in [0, 0.05) is 32.1 Å². The Kier molecular flexibility index (Phi) is 3.23. The summed E-state index contributed by atoms with van der Waals surface area (Å²) in [6.45, 7) is 1.22. The van der Waals surface area contributed by atoms with E-state index in [0.717, 1.165) is 13.0 Å². The Hall–Kier alpha value is -0.650. The number of rotatable bonds is 4. The molecule has 1 saturated carbocycles. The molecule has 4 atom stereocenters. The van der Waals surface area contributed by atoms with Gasteiger partial charge in [-0.15, -0.1) is 0 Å².